The van der Waals surface area contributed by atoms with E-state index in [2.05, 4.69) is 33.6 Å². The van der Waals surface area contributed by atoms with E-state index in [1.807, 2.05) is 56.8 Å². The zero-order valence-electron chi connectivity index (χ0n) is 19.9. The van der Waals surface area contributed by atoms with Crippen molar-refractivity contribution in [2.75, 3.05) is 32.6 Å². The van der Waals surface area contributed by atoms with E-state index in [1.54, 1.807) is 42.4 Å². The molecule has 0 aliphatic carbocycles. The molecular weight excluding hydrogens is 478 g/mol. The highest BCUT2D eigenvalue weighted by atomic mass is 32.2. The molecule has 2 aromatic heterocycles. The fourth-order valence-electron chi connectivity index (χ4n) is 4.09. The Kier molecular flexibility index (Phi) is 6.40. The maximum Gasteiger partial charge on any atom is 0.254 e. The van der Waals surface area contributed by atoms with Crippen molar-refractivity contribution in [3.8, 4) is 32.4 Å². The number of anilines is 1. The molecule has 0 bridgehead atoms. The van der Waals surface area contributed by atoms with E-state index >= 15 is 0 Å². The molecule has 2 aromatic carbocycles. The minimum Gasteiger partial charge on any atom is -0.493 e. The number of methoxy groups -OCH3 is 2. The summed E-state index contributed by atoms with van der Waals surface area (Å²) in [7, 11) is 7.13. The van der Waals surface area contributed by atoms with Crippen molar-refractivity contribution >= 4 is 34.9 Å². The summed E-state index contributed by atoms with van der Waals surface area (Å²) in [6.45, 7) is 0.663. The minimum atomic E-state index is 0.0939. The first-order valence-electron chi connectivity index (χ1n) is 11.0. The van der Waals surface area contributed by atoms with E-state index < -0.39 is 0 Å². The van der Waals surface area contributed by atoms with E-state index in [0.717, 1.165) is 37.7 Å². The molecule has 0 radical (unpaired) electrons. The molecule has 0 saturated carbocycles. The predicted octanol–water partition coefficient (Wildman–Crippen LogP) is 6.22. The Morgan fingerprint density at radius 3 is 2.49 bits per heavy atom. The van der Waals surface area contributed by atoms with Crippen LogP contribution in [0.5, 0.6) is 11.5 Å². The molecule has 1 amide bonds. The SMILES string of the molecule is COc1ccc(SN(C)c2cncc(-c3ccc(-c4ccc5c(c4)CN(C)C5=O)s3)c2)cc1OC. The lowest BCUT2D eigenvalue weighted by Crippen LogP contribution is -2.17. The van der Waals surface area contributed by atoms with Gasteiger partial charge >= 0.3 is 0 Å². The van der Waals surface area contributed by atoms with Crippen LogP contribution in [0.2, 0.25) is 0 Å². The zero-order chi connectivity index (χ0) is 24.5. The number of carbonyl (C=O) groups is 1. The van der Waals surface area contributed by atoms with Gasteiger partial charge < -0.3 is 18.7 Å². The van der Waals surface area contributed by atoms with Crippen LogP contribution in [0.1, 0.15) is 15.9 Å². The molecule has 0 atom stereocenters. The molecule has 0 N–H and O–H groups in total. The number of aromatic nitrogens is 1. The Balaban J connectivity index is 1.35. The molecular formula is C27H25N3O3S2. The first-order chi connectivity index (χ1) is 17.0. The number of fused-ring (bicyclic) bond motifs is 1. The van der Waals surface area contributed by atoms with Gasteiger partial charge in [-0.25, -0.2) is 0 Å². The van der Waals surface area contributed by atoms with Gasteiger partial charge in [0.2, 0.25) is 0 Å². The van der Waals surface area contributed by atoms with Crippen molar-refractivity contribution in [3.05, 3.63) is 78.1 Å². The maximum absolute atomic E-state index is 12.2. The fourth-order valence-corrected chi connectivity index (χ4v) is 5.88. The van der Waals surface area contributed by atoms with Gasteiger partial charge in [-0.15, -0.1) is 11.3 Å². The molecule has 1 aliphatic rings. The van der Waals surface area contributed by atoms with Gasteiger partial charge in [-0.1, -0.05) is 6.07 Å². The first-order valence-corrected chi connectivity index (χ1v) is 12.6. The second-order valence-electron chi connectivity index (χ2n) is 8.23. The van der Waals surface area contributed by atoms with Crippen molar-refractivity contribution in [1.29, 1.82) is 0 Å². The van der Waals surface area contributed by atoms with Gasteiger partial charge in [-0.2, -0.15) is 0 Å². The molecule has 35 heavy (non-hydrogen) atoms. The minimum absolute atomic E-state index is 0.0939. The molecule has 178 valence electrons. The molecule has 0 fully saturated rings. The highest BCUT2D eigenvalue weighted by molar-refractivity contribution is 8.00. The summed E-state index contributed by atoms with van der Waals surface area (Å²) in [4.78, 5) is 21.8. The summed E-state index contributed by atoms with van der Waals surface area (Å²) in [6.07, 6.45) is 3.75. The van der Waals surface area contributed by atoms with Gasteiger partial charge in [0, 0.05) is 52.6 Å². The molecule has 0 spiro atoms. The van der Waals surface area contributed by atoms with Gasteiger partial charge in [0.15, 0.2) is 11.5 Å². The number of rotatable bonds is 7. The highest BCUT2D eigenvalue weighted by Gasteiger charge is 2.24. The second kappa shape index (κ2) is 9.64. The average molecular weight is 504 g/mol. The standard InChI is InChI=1S/C27H25N3O3S2/c1-29-16-19-11-17(5-7-22(19)27(29)31)25-9-10-26(34-25)18-12-20(15-28-14-18)30(2)35-21-6-8-23(32-3)24(13-21)33-4/h5-15H,16H2,1-4H3. The Morgan fingerprint density at radius 1 is 0.943 bits per heavy atom. The van der Waals surface area contributed by atoms with Crippen molar-refractivity contribution in [2.45, 2.75) is 11.4 Å². The van der Waals surface area contributed by atoms with Crippen molar-refractivity contribution in [1.82, 2.24) is 9.88 Å². The number of hydrogen-bond donors (Lipinski definition) is 0. The number of hydrogen-bond acceptors (Lipinski definition) is 7. The van der Waals surface area contributed by atoms with Crippen molar-refractivity contribution < 1.29 is 14.3 Å². The van der Waals surface area contributed by atoms with Crippen molar-refractivity contribution in [2.24, 2.45) is 0 Å². The van der Waals surface area contributed by atoms with E-state index in [-0.39, 0.29) is 5.91 Å². The molecule has 5 rings (SSSR count). The van der Waals surface area contributed by atoms with Crippen LogP contribution in [0.4, 0.5) is 5.69 Å². The van der Waals surface area contributed by atoms with E-state index in [4.69, 9.17) is 9.47 Å². The summed E-state index contributed by atoms with van der Waals surface area (Å²) in [5, 5.41) is 0. The third-order valence-electron chi connectivity index (χ3n) is 5.95. The maximum atomic E-state index is 12.2. The number of amides is 1. The third kappa shape index (κ3) is 4.59. The number of thiophene rings is 1. The molecule has 8 heteroatoms. The van der Waals surface area contributed by atoms with Crippen molar-refractivity contribution in [3.63, 3.8) is 0 Å². The quantitative estimate of drug-likeness (QED) is 0.279. The van der Waals surface area contributed by atoms with Crippen LogP contribution in [-0.2, 0) is 6.54 Å². The smallest absolute Gasteiger partial charge is 0.254 e. The average Bonchev–Trinajstić information content (AvgIpc) is 3.48. The summed E-state index contributed by atoms with van der Waals surface area (Å²) in [5.41, 5.74) is 5.08. The van der Waals surface area contributed by atoms with Gasteiger partial charge in [0.1, 0.15) is 0 Å². The van der Waals surface area contributed by atoms with E-state index in [0.29, 0.717) is 18.0 Å². The van der Waals surface area contributed by atoms with Crippen LogP contribution >= 0.6 is 23.3 Å². The number of pyridine rings is 1. The first kappa shape index (κ1) is 23.3. The largest absolute Gasteiger partial charge is 0.493 e. The lowest BCUT2D eigenvalue weighted by Gasteiger charge is -2.19. The topological polar surface area (TPSA) is 54.9 Å². The van der Waals surface area contributed by atoms with Crippen LogP contribution in [0.15, 0.2) is 71.9 Å². The molecule has 6 nitrogen and oxygen atoms in total. The lowest BCUT2D eigenvalue weighted by atomic mass is 10.1. The number of ether oxygens (including phenoxy) is 2. The zero-order valence-corrected chi connectivity index (χ0v) is 21.6. The van der Waals surface area contributed by atoms with Crippen LogP contribution in [0, 0.1) is 0 Å². The predicted molar refractivity (Wildman–Crippen MR) is 143 cm³/mol. The molecule has 0 saturated heterocycles. The van der Waals surface area contributed by atoms with Gasteiger partial charge in [0.25, 0.3) is 5.91 Å². The van der Waals surface area contributed by atoms with Crippen LogP contribution in [0.25, 0.3) is 20.9 Å². The molecule has 0 unspecified atom stereocenters. The second-order valence-corrected chi connectivity index (χ2v) is 10.5. The molecule has 4 aromatic rings. The normalized spacial score (nSPS) is 12.6. The summed E-state index contributed by atoms with van der Waals surface area (Å²) >= 11 is 3.32. The summed E-state index contributed by atoms with van der Waals surface area (Å²) in [5.74, 6) is 1.50. The summed E-state index contributed by atoms with van der Waals surface area (Å²) < 4.78 is 12.8. The van der Waals surface area contributed by atoms with Gasteiger partial charge in [-0.3, -0.25) is 9.78 Å². The Hall–Kier alpha value is -3.49. The van der Waals surface area contributed by atoms with Gasteiger partial charge in [0.05, 0.1) is 26.1 Å². The van der Waals surface area contributed by atoms with Crippen LogP contribution in [-0.4, -0.2) is 44.1 Å². The number of benzene rings is 2. The summed E-state index contributed by atoms with van der Waals surface area (Å²) in [6, 6.07) is 18.4. The lowest BCUT2D eigenvalue weighted by molar-refractivity contribution is 0.0816. The number of nitrogens with zero attached hydrogens (tertiary/aromatic N) is 3. The van der Waals surface area contributed by atoms with Crippen LogP contribution < -0.4 is 13.8 Å². The van der Waals surface area contributed by atoms with Crippen LogP contribution in [0.3, 0.4) is 0 Å². The Morgan fingerprint density at radius 2 is 1.71 bits per heavy atom. The Bertz CT molecular complexity index is 1400. The third-order valence-corrected chi connectivity index (χ3v) is 8.08. The number of carbonyl (C=O) groups excluding carboxylic acids is 1. The molecule has 3 heterocycles. The van der Waals surface area contributed by atoms with Gasteiger partial charge in [-0.05, 0) is 71.6 Å². The molecule has 1 aliphatic heterocycles. The van der Waals surface area contributed by atoms with E-state index in [9.17, 15) is 4.79 Å². The fraction of sp³-hybridized carbons (Fsp3) is 0.185. The van der Waals surface area contributed by atoms with E-state index in [1.165, 1.54) is 4.88 Å². The monoisotopic (exact) mass is 503 g/mol. The highest BCUT2D eigenvalue weighted by Crippen LogP contribution is 2.38. The Labute approximate surface area is 213 Å².